The van der Waals surface area contributed by atoms with Crippen LogP contribution in [0, 0.1) is 0 Å². The van der Waals surface area contributed by atoms with E-state index in [4.69, 9.17) is 0 Å². The van der Waals surface area contributed by atoms with E-state index < -0.39 is 0 Å². The minimum Gasteiger partial charge on any atom is -0.469 e. The number of hydrogen-bond donors (Lipinski definition) is 1. The van der Waals surface area contributed by atoms with Gasteiger partial charge in [0.05, 0.1) is 19.2 Å². The molecule has 0 aliphatic rings. The molecule has 18 heavy (non-hydrogen) atoms. The predicted octanol–water partition coefficient (Wildman–Crippen LogP) is 2.80. The van der Waals surface area contributed by atoms with Gasteiger partial charge in [-0.1, -0.05) is 6.92 Å². The number of esters is 1. The van der Waals surface area contributed by atoms with E-state index in [2.05, 4.69) is 28.2 Å². The van der Waals surface area contributed by atoms with Crippen molar-refractivity contribution < 1.29 is 9.53 Å². The minimum atomic E-state index is -0.189. The standard InChI is InChI=1S/C12H20N2O2S2/c1-4-9(7-17-3)13-12-14-10(8-18-12)5-6-11(15)16-2/h8-9H,4-7H2,1-3H3,(H,13,14). The number of thiazole rings is 1. The van der Waals surface area contributed by atoms with Crippen molar-refractivity contribution in [3.8, 4) is 0 Å². The summed E-state index contributed by atoms with van der Waals surface area (Å²) in [6.07, 6.45) is 4.22. The molecule has 0 saturated heterocycles. The molecule has 1 aromatic rings. The number of rotatable bonds is 8. The van der Waals surface area contributed by atoms with Crippen molar-refractivity contribution in [3.63, 3.8) is 0 Å². The molecule has 0 saturated carbocycles. The van der Waals surface area contributed by atoms with E-state index >= 15 is 0 Å². The fourth-order valence-electron chi connectivity index (χ4n) is 1.46. The van der Waals surface area contributed by atoms with Gasteiger partial charge in [0.1, 0.15) is 0 Å². The van der Waals surface area contributed by atoms with E-state index in [0.29, 0.717) is 18.9 Å². The Labute approximate surface area is 117 Å². The summed E-state index contributed by atoms with van der Waals surface area (Å²) < 4.78 is 4.61. The van der Waals surface area contributed by atoms with Crippen molar-refractivity contribution in [2.24, 2.45) is 0 Å². The Morgan fingerprint density at radius 1 is 1.67 bits per heavy atom. The molecule has 1 aromatic heterocycles. The Bertz CT molecular complexity index is 369. The zero-order valence-electron chi connectivity index (χ0n) is 11.1. The van der Waals surface area contributed by atoms with Crippen LogP contribution in [0.3, 0.4) is 0 Å². The molecule has 1 N–H and O–H groups in total. The predicted molar refractivity (Wildman–Crippen MR) is 78.5 cm³/mol. The molecule has 1 rings (SSSR count). The highest BCUT2D eigenvalue weighted by Gasteiger charge is 2.09. The van der Waals surface area contributed by atoms with Gasteiger partial charge >= 0.3 is 5.97 Å². The average Bonchev–Trinajstić information content (AvgIpc) is 2.83. The van der Waals surface area contributed by atoms with Crippen molar-refractivity contribution in [1.29, 1.82) is 0 Å². The molecular formula is C12H20N2O2S2. The minimum absolute atomic E-state index is 0.189. The number of nitrogens with zero attached hydrogens (tertiary/aromatic N) is 1. The van der Waals surface area contributed by atoms with Gasteiger partial charge in [-0.05, 0) is 12.7 Å². The Hall–Kier alpha value is -0.750. The summed E-state index contributed by atoms with van der Waals surface area (Å²) in [7, 11) is 1.41. The lowest BCUT2D eigenvalue weighted by atomic mass is 10.2. The molecule has 1 atom stereocenters. The molecule has 1 unspecified atom stereocenters. The van der Waals surface area contributed by atoms with Gasteiger partial charge < -0.3 is 10.1 Å². The van der Waals surface area contributed by atoms with Crippen LogP contribution >= 0.6 is 23.1 Å². The van der Waals surface area contributed by atoms with Crippen LogP contribution in [-0.4, -0.2) is 36.1 Å². The second kappa shape index (κ2) is 8.37. The first-order valence-electron chi connectivity index (χ1n) is 5.96. The molecule has 0 spiro atoms. The van der Waals surface area contributed by atoms with E-state index in [1.54, 1.807) is 11.3 Å². The Morgan fingerprint density at radius 2 is 2.44 bits per heavy atom. The third-order valence-electron chi connectivity index (χ3n) is 2.55. The lowest BCUT2D eigenvalue weighted by Gasteiger charge is -2.14. The van der Waals surface area contributed by atoms with Gasteiger partial charge in [-0.3, -0.25) is 4.79 Å². The first-order valence-corrected chi connectivity index (χ1v) is 8.23. The first-order chi connectivity index (χ1) is 8.69. The van der Waals surface area contributed by atoms with Crippen LogP contribution < -0.4 is 5.32 Å². The molecule has 1 heterocycles. The lowest BCUT2D eigenvalue weighted by Crippen LogP contribution is -2.20. The zero-order chi connectivity index (χ0) is 13.4. The molecule has 4 nitrogen and oxygen atoms in total. The monoisotopic (exact) mass is 288 g/mol. The Morgan fingerprint density at radius 3 is 3.06 bits per heavy atom. The first kappa shape index (κ1) is 15.3. The second-order valence-corrected chi connectivity index (χ2v) is 5.69. The summed E-state index contributed by atoms with van der Waals surface area (Å²) in [4.78, 5) is 15.5. The van der Waals surface area contributed by atoms with Gasteiger partial charge in [0.2, 0.25) is 0 Å². The van der Waals surface area contributed by atoms with E-state index in [0.717, 1.165) is 23.0 Å². The average molecular weight is 288 g/mol. The number of aryl methyl sites for hydroxylation is 1. The third kappa shape index (κ3) is 5.27. The number of ether oxygens (including phenoxy) is 1. The maximum atomic E-state index is 11.0. The highest BCUT2D eigenvalue weighted by Crippen LogP contribution is 2.19. The summed E-state index contributed by atoms with van der Waals surface area (Å²) in [5, 5.41) is 6.36. The molecule has 6 heteroatoms. The number of hydrogen-bond acceptors (Lipinski definition) is 6. The number of nitrogens with one attached hydrogen (secondary N) is 1. The molecule has 0 fully saturated rings. The van der Waals surface area contributed by atoms with Crippen molar-refractivity contribution in [2.75, 3.05) is 24.4 Å². The van der Waals surface area contributed by atoms with Gasteiger partial charge in [0.15, 0.2) is 5.13 Å². The molecular weight excluding hydrogens is 268 g/mol. The molecule has 0 aromatic carbocycles. The van der Waals surface area contributed by atoms with Crippen LogP contribution in [0.4, 0.5) is 5.13 Å². The fraction of sp³-hybridized carbons (Fsp3) is 0.667. The molecule has 0 aliphatic heterocycles. The summed E-state index contributed by atoms with van der Waals surface area (Å²) in [6.45, 7) is 2.17. The number of anilines is 1. The van der Waals surface area contributed by atoms with Crippen LogP contribution in [0.15, 0.2) is 5.38 Å². The quantitative estimate of drug-likeness (QED) is 0.745. The fourth-order valence-corrected chi connectivity index (χ4v) is 3.00. The van der Waals surface area contributed by atoms with E-state index in [-0.39, 0.29) is 5.97 Å². The summed E-state index contributed by atoms with van der Waals surface area (Å²) in [5.74, 6) is 0.888. The van der Waals surface area contributed by atoms with Gasteiger partial charge in [0, 0.05) is 23.6 Å². The third-order valence-corrected chi connectivity index (χ3v) is 4.11. The van der Waals surface area contributed by atoms with Gasteiger partial charge in [0.25, 0.3) is 0 Å². The molecule has 0 bridgehead atoms. The number of methoxy groups -OCH3 is 1. The normalized spacial score (nSPS) is 12.2. The van der Waals surface area contributed by atoms with Crippen LogP contribution in [0.1, 0.15) is 25.5 Å². The van der Waals surface area contributed by atoms with E-state index in [9.17, 15) is 4.79 Å². The van der Waals surface area contributed by atoms with Crippen LogP contribution in [0.2, 0.25) is 0 Å². The zero-order valence-corrected chi connectivity index (χ0v) is 12.7. The number of carbonyl (C=O) groups excluding carboxylic acids is 1. The number of carbonyl (C=O) groups is 1. The molecule has 0 amide bonds. The molecule has 0 aliphatic carbocycles. The van der Waals surface area contributed by atoms with E-state index in [1.165, 1.54) is 7.11 Å². The van der Waals surface area contributed by atoms with Gasteiger partial charge in [-0.15, -0.1) is 11.3 Å². The molecule has 102 valence electrons. The van der Waals surface area contributed by atoms with Gasteiger partial charge in [-0.25, -0.2) is 4.98 Å². The highest BCUT2D eigenvalue weighted by atomic mass is 32.2. The summed E-state index contributed by atoms with van der Waals surface area (Å²) in [6, 6.07) is 0.458. The van der Waals surface area contributed by atoms with Crippen LogP contribution in [0.5, 0.6) is 0 Å². The number of aromatic nitrogens is 1. The maximum Gasteiger partial charge on any atom is 0.305 e. The number of thioether (sulfide) groups is 1. The largest absolute Gasteiger partial charge is 0.469 e. The van der Waals surface area contributed by atoms with Crippen molar-refractivity contribution in [1.82, 2.24) is 4.98 Å². The van der Waals surface area contributed by atoms with Crippen molar-refractivity contribution >= 4 is 34.2 Å². The van der Waals surface area contributed by atoms with Crippen molar-refractivity contribution in [2.45, 2.75) is 32.2 Å². The molecule has 0 radical (unpaired) electrons. The van der Waals surface area contributed by atoms with Crippen LogP contribution in [0.25, 0.3) is 0 Å². The summed E-state index contributed by atoms with van der Waals surface area (Å²) in [5.41, 5.74) is 0.951. The Kier molecular flexibility index (Phi) is 7.12. The van der Waals surface area contributed by atoms with Crippen molar-refractivity contribution in [3.05, 3.63) is 11.1 Å². The smallest absolute Gasteiger partial charge is 0.305 e. The lowest BCUT2D eigenvalue weighted by molar-refractivity contribution is -0.140. The SMILES string of the molecule is CCC(CSC)Nc1nc(CCC(=O)OC)cs1. The van der Waals surface area contributed by atoms with Crippen LogP contribution in [-0.2, 0) is 16.0 Å². The topological polar surface area (TPSA) is 51.2 Å². The Balaban J connectivity index is 2.44. The van der Waals surface area contributed by atoms with E-state index in [1.807, 2.05) is 17.1 Å². The highest BCUT2D eigenvalue weighted by molar-refractivity contribution is 7.98. The maximum absolute atomic E-state index is 11.0. The van der Waals surface area contributed by atoms with Gasteiger partial charge in [-0.2, -0.15) is 11.8 Å². The second-order valence-electron chi connectivity index (χ2n) is 3.92. The summed E-state index contributed by atoms with van der Waals surface area (Å²) >= 11 is 3.43.